The smallest absolute Gasteiger partial charge is 0.241 e. The molecule has 2 aromatic carbocycles. The van der Waals surface area contributed by atoms with Gasteiger partial charge in [0.1, 0.15) is 5.82 Å². The second-order valence-corrected chi connectivity index (χ2v) is 9.22. The van der Waals surface area contributed by atoms with Crippen LogP contribution in [-0.4, -0.2) is 57.5 Å². The first kappa shape index (κ1) is 23.8. The van der Waals surface area contributed by atoms with E-state index in [0.717, 1.165) is 12.8 Å². The summed E-state index contributed by atoms with van der Waals surface area (Å²) < 4.78 is 45.8. The summed E-state index contributed by atoms with van der Waals surface area (Å²) in [5.41, 5.74) is 0.609. The van der Waals surface area contributed by atoms with Crippen molar-refractivity contribution in [3.8, 4) is 0 Å². The molecule has 0 aliphatic carbocycles. The fraction of sp³-hybridized carbons (Fsp3) is 0.364. The summed E-state index contributed by atoms with van der Waals surface area (Å²) in [6.07, 6.45) is 1.76. The summed E-state index contributed by atoms with van der Waals surface area (Å²) in [6, 6.07) is 13.2. The minimum Gasteiger partial charge on any atom is -0.376 e. The van der Waals surface area contributed by atoms with E-state index in [2.05, 4.69) is 10.0 Å². The van der Waals surface area contributed by atoms with Crippen LogP contribution in [0, 0.1) is 5.82 Å². The SMILES string of the molecule is O=C(CN(Cc1ccc(F)cc1)C(=O)CNS(=O)(=O)c1ccccc1)NC[C@@H]1CCCO1. The zero-order valence-electron chi connectivity index (χ0n) is 17.5. The molecule has 0 radical (unpaired) electrons. The predicted molar refractivity (Wildman–Crippen MR) is 115 cm³/mol. The average Bonchev–Trinajstić information content (AvgIpc) is 3.31. The molecule has 3 rings (SSSR count). The van der Waals surface area contributed by atoms with Crippen molar-refractivity contribution in [1.29, 1.82) is 0 Å². The first-order chi connectivity index (χ1) is 15.3. The van der Waals surface area contributed by atoms with Crippen LogP contribution >= 0.6 is 0 Å². The van der Waals surface area contributed by atoms with E-state index in [1.54, 1.807) is 18.2 Å². The number of carbonyl (C=O) groups is 2. The average molecular weight is 464 g/mol. The number of hydrogen-bond acceptors (Lipinski definition) is 5. The molecule has 1 heterocycles. The van der Waals surface area contributed by atoms with Gasteiger partial charge in [0.25, 0.3) is 0 Å². The molecule has 2 aromatic rings. The zero-order valence-corrected chi connectivity index (χ0v) is 18.3. The number of amides is 2. The standard InChI is InChI=1S/C22H26FN3O5S/c23-18-10-8-17(9-11-18)15-26(16-21(27)24-13-19-5-4-12-31-19)22(28)14-25-32(29,30)20-6-2-1-3-7-20/h1-3,6-11,19,25H,4-5,12-16H2,(H,24,27)/t19-/m0/s1. The van der Waals surface area contributed by atoms with Gasteiger partial charge in [-0.3, -0.25) is 9.59 Å². The minimum absolute atomic E-state index is 0.0273. The van der Waals surface area contributed by atoms with Gasteiger partial charge in [-0.15, -0.1) is 0 Å². The van der Waals surface area contributed by atoms with Crippen molar-refractivity contribution in [3.05, 3.63) is 66.0 Å². The Kier molecular flexibility index (Phi) is 8.32. The number of halogens is 1. The molecule has 8 nitrogen and oxygen atoms in total. The fourth-order valence-electron chi connectivity index (χ4n) is 3.26. The summed E-state index contributed by atoms with van der Waals surface area (Å²) >= 11 is 0. The Bertz CT molecular complexity index is 1010. The second-order valence-electron chi connectivity index (χ2n) is 7.45. The molecule has 2 N–H and O–H groups in total. The zero-order chi connectivity index (χ0) is 23.0. The lowest BCUT2D eigenvalue weighted by Gasteiger charge is -2.23. The maximum absolute atomic E-state index is 13.2. The lowest BCUT2D eigenvalue weighted by atomic mass is 10.2. The van der Waals surface area contributed by atoms with E-state index in [-0.39, 0.29) is 30.0 Å². The molecular formula is C22H26FN3O5S. The van der Waals surface area contributed by atoms with Gasteiger partial charge in [0.2, 0.25) is 21.8 Å². The third-order valence-electron chi connectivity index (χ3n) is 4.99. The molecule has 0 unspecified atom stereocenters. The van der Waals surface area contributed by atoms with Gasteiger partial charge in [0.15, 0.2) is 0 Å². The molecule has 0 aromatic heterocycles. The third-order valence-corrected chi connectivity index (χ3v) is 6.41. The van der Waals surface area contributed by atoms with E-state index in [1.165, 1.54) is 41.3 Å². The van der Waals surface area contributed by atoms with Crippen molar-refractivity contribution in [2.24, 2.45) is 0 Å². The Morgan fingerprint density at radius 3 is 2.47 bits per heavy atom. The van der Waals surface area contributed by atoms with E-state index in [1.807, 2.05) is 0 Å². The molecule has 0 spiro atoms. The van der Waals surface area contributed by atoms with Gasteiger partial charge in [-0.1, -0.05) is 30.3 Å². The van der Waals surface area contributed by atoms with Gasteiger partial charge in [0.05, 0.1) is 24.1 Å². The van der Waals surface area contributed by atoms with E-state index in [4.69, 9.17) is 4.74 Å². The summed E-state index contributed by atoms with van der Waals surface area (Å²) in [6.45, 7) is 0.252. The van der Waals surface area contributed by atoms with Crippen molar-refractivity contribution < 1.29 is 27.1 Å². The molecule has 0 bridgehead atoms. The van der Waals surface area contributed by atoms with E-state index >= 15 is 0 Å². The second kappa shape index (κ2) is 11.2. The highest BCUT2D eigenvalue weighted by Gasteiger charge is 2.22. The Labute approximate surface area is 186 Å². The molecule has 2 amide bonds. The summed E-state index contributed by atoms with van der Waals surface area (Å²) in [5.74, 6) is -1.39. The number of ether oxygens (including phenoxy) is 1. The van der Waals surface area contributed by atoms with Crippen LogP contribution in [0.3, 0.4) is 0 Å². The molecule has 10 heteroatoms. The lowest BCUT2D eigenvalue weighted by molar-refractivity contribution is -0.135. The summed E-state index contributed by atoms with van der Waals surface area (Å²) in [5, 5.41) is 2.75. The number of nitrogens with one attached hydrogen (secondary N) is 2. The number of benzene rings is 2. The quantitative estimate of drug-likeness (QED) is 0.555. The topological polar surface area (TPSA) is 105 Å². The summed E-state index contributed by atoms with van der Waals surface area (Å²) in [4.78, 5) is 26.5. The molecule has 0 saturated carbocycles. The van der Waals surface area contributed by atoms with E-state index in [0.29, 0.717) is 18.7 Å². The minimum atomic E-state index is -3.88. The first-order valence-corrected chi connectivity index (χ1v) is 11.8. The van der Waals surface area contributed by atoms with Crippen LogP contribution in [0.2, 0.25) is 0 Å². The highest BCUT2D eigenvalue weighted by atomic mass is 32.2. The van der Waals surface area contributed by atoms with Crippen LogP contribution in [-0.2, 0) is 30.9 Å². The van der Waals surface area contributed by atoms with Gasteiger partial charge in [-0.05, 0) is 42.7 Å². The van der Waals surface area contributed by atoms with Crippen LogP contribution in [0.4, 0.5) is 4.39 Å². The first-order valence-electron chi connectivity index (χ1n) is 10.3. The van der Waals surface area contributed by atoms with Crippen molar-refractivity contribution in [3.63, 3.8) is 0 Å². The molecule has 1 aliphatic heterocycles. The van der Waals surface area contributed by atoms with Crippen molar-refractivity contribution in [2.75, 3.05) is 26.2 Å². The highest BCUT2D eigenvalue weighted by Crippen LogP contribution is 2.11. The molecular weight excluding hydrogens is 437 g/mol. The number of hydrogen-bond donors (Lipinski definition) is 2. The molecule has 32 heavy (non-hydrogen) atoms. The van der Waals surface area contributed by atoms with Crippen molar-refractivity contribution >= 4 is 21.8 Å². The summed E-state index contributed by atoms with van der Waals surface area (Å²) in [7, 11) is -3.88. The van der Waals surface area contributed by atoms with Gasteiger partial charge < -0.3 is 15.0 Å². The number of sulfonamides is 1. The number of carbonyl (C=O) groups excluding carboxylic acids is 2. The molecule has 1 saturated heterocycles. The Morgan fingerprint density at radius 2 is 1.81 bits per heavy atom. The Morgan fingerprint density at radius 1 is 1.09 bits per heavy atom. The Hall–Kier alpha value is -2.82. The predicted octanol–water partition coefficient (Wildman–Crippen LogP) is 1.43. The number of rotatable bonds is 10. The van der Waals surface area contributed by atoms with Crippen LogP contribution in [0.1, 0.15) is 18.4 Å². The maximum Gasteiger partial charge on any atom is 0.241 e. The van der Waals surface area contributed by atoms with Crippen LogP contribution in [0.25, 0.3) is 0 Å². The number of nitrogens with zero attached hydrogens (tertiary/aromatic N) is 1. The molecule has 1 aliphatic rings. The monoisotopic (exact) mass is 463 g/mol. The van der Waals surface area contributed by atoms with Crippen molar-refractivity contribution in [1.82, 2.24) is 14.9 Å². The largest absolute Gasteiger partial charge is 0.376 e. The lowest BCUT2D eigenvalue weighted by Crippen LogP contribution is -2.45. The molecule has 172 valence electrons. The van der Waals surface area contributed by atoms with Gasteiger partial charge in [0, 0.05) is 19.7 Å². The third kappa shape index (κ3) is 7.11. The van der Waals surface area contributed by atoms with Gasteiger partial charge in [-0.2, -0.15) is 0 Å². The van der Waals surface area contributed by atoms with E-state index in [9.17, 15) is 22.4 Å². The van der Waals surface area contributed by atoms with Gasteiger partial charge >= 0.3 is 0 Å². The normalized spacial score (nSPS) is 16.0. The fourth-order valence-corrected chi connectivity index (χ4v) is 4.25. The van der Waals surface area contributed by atoms with E-state index < -0.39 is 28.3 Å². The van der Waals surface area contributed by atoms with Crippen molar-refractivity contribution in [2.45, 2.75) is 30.4 Å². The molecule has 1 atom stereocenters. The Balaban J connectivity index is 1.63. The molecule has 1 fully saturated rings. The van der Waals surface area contributed by atoms with Gasteiger partial charge in [-0.25, -0.2) is 17.5 Å². The maximum atomic E-state index is 13.2. The van der Waals surface area contributed by atoms with Crippen LogP contribution in [0.5, 0.6) is 0 Å². The van der Waals surface area contributed by atoms with Crippen LogP contribution in [0.15, 0.2) is 59.5 Å². The van der Waals surface area contributed by atoms with Crippen LogP contribution < -0.4 is 10.0 Å². The highest BCUT2D eigenvalue weighted by molar-refractivity contribution is 7.89.